The highest BCUT2D eigenvalue weighted by Crippen LogP contribution is 2.42. The second kappa shape index (κ2) is 12.3. The normalized spacial score (nSPS) is 13.4. The molecule has 1 N–H and O–H groups in total. The van der Waals surface area contributed by atoms with Crippen molar-refractivity contribution in [3.05, 3.63) is 123 Å². The van der Waals surface area contributed by atoms with Gasteiger partial charge in [0.25, 0.3) is 5.69 Å². The van der Waals surface area contributed by atoms with Crippen LogP contribution in [0.3, 0.4) is 0 Å². The number of hydrogen-bond donors (Lipinski definition) is 1. The molecular formula is C35H33FN2O6. The van der Waals surface area contributed by atoms with E-state index in [4.69, 9.17) is 14.2 Å². The molecule has 0 amide bonds. The lowest BCUT2D eigenvalue weighted by Gasteiger charge is -2.33. The lowest BCUT2D eigenvalue weighted by atomic mass is 9.84. The Bertz CT molecular complexity index is 1800. The van der Waals surface area contributed by atoms with Gasteiger partial charge in [0.15, 0.2) is 0 Å². The summed E-state index contributed by atoms with van der Waals surface area (Å²) >= 11 is 0. The van der Waals surface area contributed by atoms with Crippen LogP contribution in [0.5, 0.6) is 11.5 Å². The van der Waals surface area contributed by atoms with E-state index in [1.54, 1.807) is 25.3 Å². The number of ether oxygens (including phenoxy) is 3. The van der Waals surface area contributed by atoms with E-state index in [1.807, 2.05) is 25.1 Å². The first-order valence-corrected chi connectivity index (χ1v) is 14.1. The molecule has 226 valence electrons. The van der Waals surface area contributed by atoms with Gasteiger partial charge in [-0.2, -0.15) is 0 Å². The van der Waals surface area contributed by atoms with Crippen LogP contribution >= 0.6 is 0 Å². The van der Waals surface area contributed by atoms with Gasteiger partial charge < -0.3 is 19.5 Å². The van der Waals surface area contributed by atoms with Crippen molar-refractivity contribution in [1.82, 2.24) is 0 Å². The summed E-state index contributed by atoms with van der Waals surface area (Å²) in [7, 11) is 1.58. The Balaban J connectivity index is 1.56. The SMILES string of the molecule is COCc1cc(OC(=O)c2cccc([N+](=O)[O-])c2)ccc1-c1ccc2c(c1COc1cc(F)ccc1C)C(C)=CC(C)(C)N2. The lowest BCUT2D eigenvalue weighted by Crippen LogP contribution is -2.32. The van der Waals surface area contributed by atoms with Crippen LogP contribution in [0.15, 0.2) is 78.9 Å². The van der Waals surface area contributed by atoms with Crippen molar-refractivity contribution in [2.75, 3.05) is 12.4 Å². The molecule has 1 heterocycles. The van der Waals surface area contributed by atoms with Gasteiger partial charge in [0.05, 0.1) is 22.6 Å². The minimum Gasteiger partial charge on any atom is -0.488 e. The molecule has 0 saturated carbocycles. The molecule has 44 heavy (non-hydrogen) atoms. The summed E-state index contributed by atoms with van der Waals surface area (Å²) in [6.07, 6.45) is 2.17. The van der Waals surface area contributed by atoms with E-state index in [9.17, 15) is 19.3 Å². The highest BCUT2D eigenvalue weighted by atomic mass is 19.1. The molecule has 0 atom stereocenters. The quantitative estimate of drug-likeness (QED) is 0.0898. The summed E-state index contributed by atoms with van der Waals surface area (Å²) in [5.74, 6) is -0.367. The standard InChI is InChI=1S/C35H33FN2O6/c1-21-9-10-25(36)17-32(21)43-20-30-29(13-14-31-33(30)22(2)18-35(3,4)37-31)28-12-11-27(16-24(28)19-42-5)44-34(39)23-7-6-8-26(15-23)38(40)41/h6-18,37H,19-20H2,1-5H3. The summed E-state index contributed by atoms with van der Waals surface area (Å²) in [5, 5.41) is 14.7. The van der Waals surface area contributed by atoms with E-state index in [0.29, 0.717) is 5.75 Å². The number of non-ortho nitro benzene ring substituents is 1. The van der Waals surface area contributed by atoms with E-state index in [2.05, 4.69) is 32.2 Å². The van der Waals surface area contributed by atoms with Gasteiger partial charge >= 0.3 is 5.97 Å². The maximum absolute atomic E-state index is 14.1. The van der Waals surface area contributed by atoms with Gasteiger partial charge in [-0.3, -0.25) is 10.1 Å². The van der Waals surface area contributed by atoms with Gasteiger partial charge in [0.1, 0.15) is 23.9 Å². The first kappa shape index (κ1) is 30.4. The largest absolute Gasteiger partial charge is 0.488 e. The van der Waals surface area contributed by atoms with Crippen LogP contribution in [0.4, 0.5) is 15.8 Å². The zero-order chi connectivity index (χ0) is 31.6. The number of benzene rings is 4. The molecule has 0 bridgehead atoms. The molecule has 8 nitrogen and oxygen atoms in total. The Morgan fingerprint density at radius 2 is 1.75 bits per heavy atom. The van der Waals surface area contributed by atoms with Gasteiger partial charge in [-0.1, -0.05) is 30.3 Å². The monoisotopic (exact) mass is 596 g/mol. The summed E-state index contributed by atoms with van der Waals surface area (Å²) in [6, 6.07) is 19.2. The van der Waals surface area contributed by atoms with Gasteiger partial charge in [-0.25, -0.2) is 9.18 Å². The van der Waals surface area contributed by atoms with Gasteiger partial charge in [0, 0.05) is 42.1 Å². The van der Waals surface area contributed by atoms with Gasteiger partial charge in [0.2, 0.25) is 0 Å². The second-order valence-electron chi connectivity index (χ2n) is 11.3. The van der Waals surface area contributed by atoms with Crippen molar-refractivity contribution in [2.24, 2.45) is 0 Å². The number of carbonyl (C=O) groups is 1. The third kappa shape index (κ3) is 6.48. The van der Waals surface area contributed by atoms with E-state index < -0.39 is 10.9 Å². The van der Waals surface area contributed by atoms with Crippen molar-refractivity contribution in [2.45, 2.75) is 46.4 Å². The van der Waals surface area contributed by atoms with Crippen LogP contribution in [-0.2, 0) is 18.0 Å². The molecule has 4 aromatic rings. The maximum Gasteiger partial charge on any atom is 0.343 e. The molecule has 4 aromatic carbocycles. The van der Waals surface area contributed by atoms with Crippen molar-refractivity contribution in [1.29, 1.82) is 0 Å². The van der Waals surface area contributed by atoms with E-state index in [0.717, 1.165) is 44.6 Å². The fourth-order valence-corrected chi connectivity index (χ4v) is 5.56. The first-order chi connectivity index (χ1) is 21.0. The lowest BCUT2D eigenvalue weighted by molar-refractivity contribution is -0.384. The van der Waals surface area contributed by atoms with Crippen molar-refractivity contribution >= 4 is 22.9 Å². The fourth-order valence-electron chi connectivity index (χ4n) is 5.56. The number of nitrogens with zero attached hydrogens (tertiary/aromatic N) is 1. The van der Waals surface area contributed by atoms with Crippen molar-refractivity contribution < 1.29 is 28.3 Å². The molecule has 9 heteroatoms. The van der Waals surface area contributed by atoms with Crippen LogP contribution in [0, 0.1) is 22.9 Å². The minimum absolute atomic E-state index is 0.0658. The molecule has 1 aliphatic heterocycles. The molecule has 0 saturated heterocycles. The Morgan fingerprint density at radius 3 is 2.50 bits per heavy atom. The van der Waals surface area contributed by atoms with E-state index in [1.165, 1.54) is 36.4 Å². The Labute approximate surface area is 255 Å². The number of nitro benzene ring substituents is 1. The number of allylic oxidation sites excluding steroid dienone is 1. The molecule has 0 radical (unpaired) electrons. The first-order valence-electron chi connectivity index (χ1n) is 14.1. The number of halogens is 1. The average Bonchev–Trinajstić information content (AvgIpc) is 2.97. The summed E-state index contributed by atoms with van der Waals surface area (Å²) in [6.45, 7) is 8.53. The number of carbonyl (C=O) groups excluding carboxylic acids is 1. The Morgan fingerprint density at radius 1 is 0.977 bits per heavy atom. The van der Waals surface area contributed by atoms with Crippen LogP contribution in [0.25, 0.3) is 16.7 Å². The van der Waals surface area contributed by atoms with E-state index in [-0.39, 0.29) is 41.6 Å². The third-order valence-electron chi connectivity index (χ3n) is 7.43. The van der Waals surface area contributed by atoms with Crippen LogP contribution in [-0.4, -0.2) is 23.5 Å². The summed E-state index contributed by atoms with van der Waals surface area (Å²) in [5.41, 5.74) is 6.87. The number of anilines is 1. The van der Waals surface area contributed by atoms with Crippen LogP contribution in [0.2, 0.25) is 0 Å². The van der Waals surface area contributed by atoms with Gasteiger partial charge in [-0.15, -0.1) is 0 Å². The molecule has 0 unspecified atom stereocenters. The topological polar surface area (TPSA) is 99.9 Å². The Kier molecular flexibility index (Phi) is 8.51. The molecule has 1 aliphatic rings. The Hall–Kier alpha value is -5.02. The molecule has 0 aromatic heterocycles. The highest BCUT2D eigenvalue weighted by Gasteiger charge is 2.27. The van der Waals surface area contributed by atoms with Gasteiger partial charge in [-0.05, 0) is 85.9 Å². The number of nitrogens with one attached hydrogen (secondary N) is 1. The minimum atomic E-state index is -0.715. The number of fused-ring (bicyclic) bond motifs is 1. The molecule has 5 rings (SSSR count). The molecule has 0 spiro atoms. The number of methoxy groups -OCH3 is 1. The zero-order valence-corrected chi connectivity index (χ0v) is 25.2. The van der Waals surface area contributed by atoms with Crippen molar-refractivity contribution in [3.63, 3.8) is 0 Å². The zero-order valence-electron chi connectivity index (χ0n) is 25.2. The predicted octanol–water partition coefficient (Wildman–Crippen LogP) is 8.26. The summed E-state index contributed by atoms with van der Waals surface area (Å²) in [4.78, 5) is 23.4. The highest BCUT2D eigenvalue weighted by molar-refractivity contribution is 5.92. The third-order valence-corrected chi connectivity index (χ3v) is 7.43. The second-order valence-corrected chi connectivity index (χ2v) is 11.3. The van der Waals surface area contributed by atoms with Crippen molar-refractivity contribution in [3.8, 4) is 22.6 Å². The average molecular weight is 597 g/mol. The maximum atomic E-state index is 14.1. The fraction of sp³-hybridized carbons (Fsp3) is 0.229. The molecular weight excluding hydrogens is 563 g/mol. The number of rotatable bonds is 9. The van der Waals surface area contributed by atoms with Crippen LogP contribution < -0.4 is 14.8 Å². The summed E-state index contributed by atoms with van der Waals surface area (Å²) < 4.78 is 31.5. The molecule has 0 fully saturated rings. The number of hydrogen-bond acceptors (Lipinski definition) is 7. The van der Waals surface area contributed by atoms with E-state index >= 15 is 0 Å². The van der Waals surface area contributed by atoms with Crippen LogP contribution in [0.1, 0.15) is 53.4 Å². The smallest absolute Gasteiger partial charge is 0.343 e. The predicted molar refractivity (Wildman–Crippen MR) is 167 cm³/mol. The number of aryl methyl sites for hydroxylation is 1. The molecule has 0 aliphatic carbocycles. The number of esters is 1. The number of nitro groups is 1.